The zero-order chi connectivity index (χ0) is 18.1. The van der Waals surface area contributed by atoms with E-state index in [0.717, 1.165) is 10.9 Å². The third-order valence-electron chi connectivity index (χ3n) is 4.17. The van der Waals surface area contributed by atoms with Crippen LogP contribution in [0, 0.1) is 10.1 Å². The molecule has 0 bridgehead atoms. The standard InChI is InChI=1S/C19H15N3O4/c23-12-15-7-9-18(26-15)19-16-8-6-14(22(24)25)10-17(16)21(20-19)11-13-4-2-1-3-5-13/h1-10,23H,11-12H2. The molecule has 0 unspecified atom stereocenters. The smallest absolute Gasteiger partial charge is 0.271 e. The Hall–Kier alpha value is -3.45. The van der Waals surface area contributed by atoms with Gasteiger partial charge in [0.15, 0.2) is 5.76 Å². The average Bonchev–Trinajstić information content (AvgIpc) is 3.27. The molecule has 0 amide bonds. The molecule has 26 heavy (non-hydrogen) atoms. The van der Waals surface area contributed by atoms with Crippen molar-refractivity contribution in [2.45, 2.75) is 13.2 Å². The van der Waals surface area contributed by atoms with Gasteiger partial charge in [-0.05, 0) is 23.8 Å². The molecule has 7 nitrogen and oxygen atoms in total. The van der Waals surface area contributed by atoms with Crippen molar-refractivity contribution < 1.29 is 14.4 Å². The van der Waals surface area contributed by atoms with E-state index in [0.29, 0.717) is 29.3 Å². The van der Waals surface area contributed by atoms with Crippen LogP contribution >= 0.6 is 0 Å². The molecule has 4 rings (SSSR count). The van der Waals surface area contributed by atoms with E-state index in [4.69, 9.17) is 4.42 Å². The van der Waals surface area contributed by atoms with E-state index in [1.165, 1.54) is 12.1 Å². The number of aliphatic hydroxyl groups excluding tert-OH is 1. The first kappa shape index (κ1) is 16.0. The topological polar surface area (TPSA) is 94.3 Å². The summed E-state index contributed by atoms with van der Waals surface area (Å²) < 4.78 is 7.34. The number of rotatable bonds is 5. The lowest BCUT2D eigenvalue weighted by molar-refractivity contribution is -0.384. The molecule has 0 saturated carbocycles. The zero-order valence-corrected chi connectivity index (χ0v) is 13.7. The first-order valence-corrected chi connectivity index (χ1v) is 8.04. The number of fused-ring (bicyclic) bond motifs is 1. The molecule has 0 radical (unpaired) electrons. The van der Waals surface area contributed by atoms with Crippen LogP contribution in [0.15, 0.2) is 65.1 Å². The van der Waals surface area contributed by atoms with Crippen molar-refractivity contribution in [3.8, 4) is 11.5 Å². The molecule has 0 saturated heterocycles. The molecule has 0 atom stereocenters. The molecule has 1 N–H and O–H groups in total. The minimum atomic E-state index is -0.421. The Kier molecular flexibility index (Phi) is 3.98. The number of hydrogen-bond acceptors (Lipinski definition) is 5. The molecule has 2 heterocycles. The van der Waals surface area contributed by atoms with E-state index >= 15 is 0 Å². The highest BCUT2D eigenvalue weighted by Gasteiger charge is 2.18. The Morgan fingerprint density at radius 1 is 1.12 bits per heavy atom. The van der Waals surface area contributed by atoms with Crippen LogP contribution in [-0.4, -0.2) is 19.8 Å². The number of nitro groups is 1. The Bertz CT molecular complexity index is 1080. The number of aromatic nitrogens is 2. The molecule has 4 aromatic rings. The van der Waals surface area contributed by atoms with Crippen molar-refractivity contribution in [3.63, 3.8) is 0 Å². The fourth-order valence-corrected chi connectivity index (χ4v) is 2.92. The molecule has 0 aliphatic heterocycles. The fraction of sp³-hybridized carbons (Fsp3) is 0.105. The van der Waals surface area contributed by atoms with Crippen LogP contribution in [-0.2, 0) is 13.2 Å². The van der Waals surface area contributed by atoms with E-state index in [9.17, 15) is 15.2 Å². The van der Waals surface area contributed by atoms with Gasteiger partial charge in [-0.25, -0.2) is 0 Å². The summed E-state index contributed by atoms with van der Waals surface area (Å²) in [5, 5.41) is 25.8. The molecule has 2 aromatic carbocycles. The van der Waals surface area contributed by atoms with Crippen LogP contribution in [0.3, 0.4) is 0 Å². The maximum Gasteiger partial charge on any atom is 0.271 e. The third kappa shape index (κ3) is 2.84. The number of non-ortho nitro benzene ring substituents is 1. The molecule has 7 heteroatoms. The SMILES string of the molecule is O=[N+]([O-])c1ccc2c(-c3ccc(CO)o3)nn(Cc3ccccc3)c2c1. The summed E-state index contributed by atoms with van der Waals surface area (Å²) in [6.45, 7) is 0.278. The number of benzene rings is 2. The predicted molar refractivity (Wildman–Crippen MR) is 95.6 cm³/mol. The molecular weight excluding hydrogens is 334 g/mol. The number of hydrogen-bond donors (Lipinski definition) is 1. The summed E-state index contributed by atoms with van der Waals surface area (Å²) in [4.78, 5) is 10.7. The van der Waals surface area contributed by atoms with Gasteiger partial charge in [0.2, 0.25) is 0 Å². The highest BCUT2D eigenvalue weighted by Crippen LogP contribution is 2.32. The van der Waals surface area contributed by atoms with E-state index in [-0.39, 0.29) is 12.3 Å². The minimum absolute atomic E-state index is 0.00811. The van der Waals surface area contributed by atoms with Gasteiger partial charge in [-0.15, -0.1) is 0 Å². The highest BCUT2D eigenvalue weighted by atomic mass is 16.6. The van der Waals surface area contributed by atoms with Crippen LogP contribution < -0.4 is 0 Å². The summed E-state index contributed by atoms with van der Waals surface area (Å²) in [7, 11) is 0. The highest BCUT2D eigenvalue weighted by molar-refractivity contribution is 5.93. The van der Waals surface area contributed by atoms with Crippen molar-refractivity contribution in [1.82, 2.24) is 9.78 Å². The minimum Gasteiger partial charge on any atom is -0.457 e. The normalized spacial score (nSPS) is 11.1. The molecule has 0 fully saturated rings. The van der Waals surface area contributed by atoms with E-state index in [2.05, 4.69) is 5.10 Å². The van der Waals surface area contributed by atoms with Gasteiger partial charge in [0.05, 0.1) is 17.0 Å². The van der Waals surface area contributed by atoms with Crippen molar-refractivity contribution in [3.05, 3.63) is 82.1 Å². The van der Waals surface area contributed by atoms with Crippen LogP contribution in [0.1, 0.15) is 11.3 Å². The van der Waals surface area contributed by atoms with Gasteiger partial charge >= 0.3 is 0 Å². The second-order valence-corrected chi connectivity index (χ2v) is 5.87. The number of nitrogens with zero attached hydrogens (tertiary/aromatic N) is 3. The Balaban J connectivity index is 1.88. The lowest BCUT2D eigenvalue weighted by atomic mass is 10.1. The summed E-state index contributed by atoms with van der Waals surface area (Å²) in [6.07, 6.45) is 0. The van der Waals surface area contributed by atoms with Gasteiger partial charge in [-0.3, -0.25) is 14.8 Å². The van der Waals surface area contributed by atoms with Gasteiger partial charge in [0.25, 0.3) is 5.69 Å². The monoisotopic (exact) mass is 349 g/mol. The van der Waals surface area contributed by atoms with Crippen molar-refractivity contribution in [1.29, 1.82) is 0 Å². The maximum atomic E-state index is 11.2. The number of furan rings is 1. The van der Waals surface area contributed by atoms with Gasteiger partial charge in [-0.2, -0.15) is 5.10 Å². The first-order chi connectivity index (χ1) is 12.7. The van der Waals surface area contributed by atoms with Crippen LogP contribution in [0.4, 0.5) is 5.69 Å². The van der Waals surface area contributed by atoms with Gasteiger partial charge in [0.1, 0.15) is 18.1 Å². The Morgan fingerprint density at radius 3 is 2.62 bits per heavy atom. The average molecular weight is 349 g/mol. The number of nitro benzene ring substituents is 1. The first-order valence-electron chi connectivity index (χ1n) is 8.04. The molecule has 0 aliphatic carbocycles. The van der Waals surface area contributed by atoms with Crippen LogP contribution in [0.2, 0.25) is 0 Å². The van der Waals surface area contributed by atoms with Crippen molar-refractivity contribution >= 4 is 16.6 Å². The molecule has 130 valence electrons. The Morgan fingerprint density at radius 2 is 1.92 bits per heavy atom. The summed E-state index contributed by atoms with van der Waals surface area (Å²) >= 11 is 0. The van der Waals surface area contributed by atoms with Crippen LogP contribution in [0.25, 0.3) is 22.4 Å². The molecule has 2 aromatic heterocycles. The van der Waals surface area contributed by atoms with Crippen LogP contribution in [0.5, 0.6) is 0 Å². The quantitative estimate of drug-likeness (QED) is 0.437. The zero-order valence-electron chi connectivity index (χ0n) is 13.7. The van der Waals surface area contributed by atoms with Crippen molar-refractivity contribution in [2.75, 3.05) is 0 Å². The lowest BCUT2D eigenvalue weighted by Gasteiger charge is -2.03. The molecule has 0 spiro atoms. The van der Waals surface area contributed by atoms with Gasteiger partial charge in [0, 0.05) is 17.5 Å². The van der Waals surface area contributed by atoms with Crippen molar-refractivity contribution in [2.24, 2.45) is 0 Å². The lowest BCUT2D eigenvalue weighted by Crippen LogP contribution is -2.01. The van der Waals surface area contributed by atoms with E-state index in [1.54, 1.807) is 22.9 Å². The van der Waals surface area contributed by atoms with E-state index in [1.807, 2.05) is 30.3 Å². The summed E-state index contributed by atoms with van der Waals surface area (Å²) in [5.74, 6) is 0.951. The predicted octanol–water partition coefficient (Wildman–Crippen LogP) is 3.75. The maximum absolute atomic E-state index is 11.2. The summed E-state index contributed by atoms with van der Waals surface area (Å²) in [6, 6.07) is 17.8. The molecular formula is C19H15N3O4. The largest absolute Gasteiger partial charge is 0.457 e. The second-order valence-electron chi connectivity index (χ2n) is 5.87. The Labute approximate surface area is 148 Å². The van der Waals surface area contributed by atoms with E-state index < -0.39 is 4.92 Å². The second kappa shape index (κ2) is 6.45. The summed E-state index contributed by atoms with van der Waals surface area (Å²) in [5.41, 5.74) is 2.28. The fourth-order valence-electron chi connectivity index (χ4n) is 2.92. The third-order valence-corrected chi connectivity index (χ3v) is 4.17. The number of aliphatic hydroxyl groups is 1. The van der Waals surface area contributed by atoms with Gasteiger partial charge in [-0.1, -0.05) is 30.3 Å². The molecule has 0 aliphatic rings. The van der Waals surface area contributed by atoms with Gasteiger partial charge < -0.3 is 9.52 Å².